The molecular formula is C12H17ClN4O. The SMILES string of the molecule is Cc1cc2cn[nH]c2cc1NC(=O)C(C)CN.Cl. The summed E-state index contributed by atoms with van der Waals surface area (Å²) in [7, 11) is 0. The molecule has 0 spiro atoms. The van der Waals surface area contributed by atoms with Gasteiger partial charge in [-0.2, -0.15) is 5.10 Å². The predicted molar refractivity (Wildman–Crippen MR) is 74.9 cm³/mol. The zero-order valence-corrected chi connectivity index (χ0v) is 11.2. The first-order valence-corrected chi connectivity index (χ1v) is 5.56. The number of nitrogens with zero attached hydrogens (tertiary/aromatic N) is 1. The zero-order valence-electron chi connectivity index (χ0n) is 10.4. The molecule has 2 aromatic rings. The number of rotatable bonds is 3. The number of halogens is 1. The number of H-pyrrole nitrogens is 1. The first kappa shape index (κ1) is 14.5. The van der Waals surface area contributed by atoms with Crippen LogP contribution in [0, 0.1) is 12.8 Å². The molecule has 0 bridgehead atoms. The standard InChI is InChI=1S/C12H16N4O.ClH/c1-7-3-9-6-14-16-11(9)4-10(7)15-12(17)8(2)5-13;/h3-4,6,8H,5,13H2,1-2H3,(H,14,16)(H,15,17);1H. The van der Waals surface area contributed by atoms with Crippen molar-refractivity contribution in [1.82, 2.24) is 10.2 Å². The fourth-order valence-corrected chi connectivity index (χ4v) is 1.60. The summed E-state index contributed by atoms with van der Waals surface area (Å²) in [5, 5.41) is 10.7. The van der Waals surface area contributed by atoms with Gasteiger partial charge in [-0.25, -0.2) is 0 Å². The summed E-state index contributed by atoms with van der Waals surface area (Å²) >= 11 is 0. The molecule has 98 valence electrons. The summed E-state index contributed by atoms with van der Waals surface area (Å²) in [6.45, 7) is 4.10. The van der Waals surface area contributed by atoms with E-state index in [4.69, 9.17) is 5.73 Å². The number of aryl methyl sites for hydroxylation is 1. The minimum Gasteiger partial charge on any atom is -0.330 e. The Hall–Kier alpha value is -1.59. The third-order valence-corrected chi connectivity index (χ3v) is 2.84. The fraction of sp³-hybridized carbons (Fsp3) is 0.333. The van der Waals surface area contributed by atoms with Crippen molar-refractivity contribution in [3.05, 3.63) is 23.9 Å². The number of carbonyl (C=O) groups excluding carboxylic acids is 1. The molecule has 0 saturated heterocycles. The van der Waals surface area contributed by atoms with Gasteiger partial charge in [0.1, 0.15) is 0 Å². The quantitative estimate of drug-likeness (QED) is 0.794. The van der Waals surface area contributed by atoms with Gasteiger partial charge >= 0.3 is 0 Å². The second-order valence-corrected chi connectivity index (χ2v) is 4.25. The van der Waals surface area contributed by atoms with Crippen LogP contribution >= 0.6 is 12.4 Å². The smallest absolute Gasteiger partial charge is 0.228 e. The Morgan fingerprint density at radius 3 is 2.94 bits per heavy atom. The lowest BCUT2D eigenvalue weighted by Gasteiger charge is -2.12. The van der Waals surface area contributed by atoms with Crippen LogP contribution in [0.1, 0.15) is 12.5 Å². The molecule has 18 heavy (non-hydrogen) atoms. The number of nitrogens with two attached hydrogens (primary N) is 1. The van der Waals surface area contributed by atoms with Gasteiger partial charge in [0.05, 0.1) is 11.7 Å². The van der Waals surface area contributed by atoms with Crippen LogP contribution in [0.15, 0.2) is 18.3 Å². The molecule has 0 radical (unpaired) electrons. The molecule has 1 aromatic heterocycles. The number of hydrogen-bond donors (Lipinski definition) is 3. The van der Waals surface area contributed by atoms with Crippen molar-refractivity contribution >= 4 is 34.9 Å². The average molecular weight is 269 g/mol. The van der Waals surface area contributed by atoms with Crippen molar-refractivity contribution in [2.24, 2.45) is 11.7 Å². The van der Waals surface area contributed by atoms with Crippen LogP contribution in [0.25, 0.3) is 10.9 Å². The monoisotopic (exact) mass is 268 g/mol. The van der Waals surface area contributed by atoms with Crippen molar-refractivity contribution in [3.8, 4) is 0 Å². The number of amides is 1. The molecule has 1 atom stereocenters. The van der Waals surface area contributed by atoms with Gasteiger partial charge in [0.25, 0.3) is 0 Å². The highest BCUT2D eigenvalue weighted by Gasteiger charge is 2.12. The zero-order chi connectivity index (χ0) is 12.4. The highest BCUT2D eigenvalue weighted by atomic mass is 35.5. The molecular weight excluding hydrogens is 252 g/mol. The lowest BCUT2D eigenvalue weighted by molar-refractivity contribution is -0.119. The summed E-state index contributed by atoms with van der Waals surface area (Å²) < 4.78 is 0. The van der Waals surface area contributed by atoms with Gasteiger partial charge in [-0.3, -0.25) is 9.89 Å². The summed E-state index contributed by atoms with van der Waals surface area (Å²) in [5.74, 6) is -0.249. The van der Waals surface area contributed by atoms with Crippen molar-refractivity contribution in [3.63, 3.8) is 0 Å². The van der Waals surface area contributed by atoms with Crippen molar-refractivity contribution in [2.75, 3.05) is 11.9 Å². The van der Waals surface area contributed by atoms with Gasteiger partial charge in [0.15, 0.2) is 0 Å². The van der Waals surface area contributed by atoms with Crippen molar-refractivity contribution in [2.45, 2.75) is 13.8 Å². The molecule has 6 heteroatoms. The van der Waals surface area contributed by atoms with Gasteiger partial charge < -0.3 is 11.1 Å². The van der Waals surface area contributed by atoms with Crippen molar-refractivity contribution < 1.29 is 4.79 Å². The number of aromatic amines is 1. The predicted octanol–water partition coefficient (Wildman–Crippen LogP) is 1.83. The molecule has 0 aliphatic rings. The molecule has 0 aliphatic heterocycles. The van der Waals surface area contributed by atoms with E-state index in [1.54, 1.807) is 13.1 Å². The third kappa shape index (κ3) is 2.80. The first-order valence-electron chi connectivity index (χ1n) is 5.56. The molecule has 1 aromatic carbocycles. The van der Waals surface area contributed by atoms with Crippen LogP contribution in [0.5, 0.6) is 0 Å². The van der Waals surface area contributed by atoms with E-state index in [1.807, 2.05) is 19.1 Å². The minimum atomic E-state index is -0.188. The number of nitrogens with one attached hydrogen (secondary N) is 2. The molecule has 1 amide bonds. The summed E-state index contributed by atoms with van der Waals surface area (Å²) in [5.41, 5.74) is 8.18. The highest BCUT2D eigenvalue weighted by molar-refractivity contribution is 5.95. The Kier molecular flexibility index (Phi) is 4.69. The van der Waals surface area contributed by atoms with Crippen LogP contribution in [0.4, 0.5) is 5.69 Å². The molecule has 1 heterocycles. The number of anilines is 1. The molecule has 1 unspecified atom stereocenters. The van der Waals surface area contributed by atoms with Crippen LogP contribution in [-0.4, -0.2) is 22.6 Å². The van der Waals surface area contributed by atoms with Gasteiger partial charge in [0, 0.05) is 23.5 Å². The Morgan fingerprint density at radius 2 is 2.28 bits per heavy atom. The maximum atomic E-state index is 11.8. The van der Waals surface area contributed by atoms with E-state index in [1.165, 1.54) is 0 Å². The summed E-state index contributed by atoms with van der Waals surface area (Å²) in [4.78, 5) is 11.8. The van der Waals surface area contributed by atoms with Gasteiger partial charge in [0.2, 0.25) is 5.91 Å². The van der Waals surface area contributed by atoms with E-state index in [0.29, 0.717) is 6.54 Å². The topological polar surface area (TPSA) is 83.8 Å². The van der Waals surface area contributed by atoms with E-state index in [-0.39, 0.29) is 24.2 Å². The summed E-state index contributed by atoms with van der Waals surface area (Å²) in [6.07, 6.45) is 1.76. The average Bonchev–Trinajstić information content (AvgIpc) is 2.75. The molecule has 0 aliphatic carbocycles. The lowest BCUT2D eigenvalue weighted by atomic mass is 10.1. The largest absolute Gasteiger partial charge is 0.330 e. The first-order chi connectivity index (χ1) is 8.11. The Balaban J connectivity index is 0.00000162. The van der Waals surface area contributed by atoms with Gasteiger partial charge in [-0.1, -0.05) is 6.92 Å². The van der Waals surface area contributed by atoms with Gasteiger partial charge in [-0.05, 0) is 24.6 Å². The van der Waals surface area contributed by atoms with E-state index in [2.05, 4.69) is 15.5 Å². The number of benzene rings is 1. The van der Waals surface area contributed by atoms with Gasteiger partial charge in [-0.15, -0.1) is 12.4 Å². The highest BCUT2D eigenvalue weighted by Crippen LogP contribution is 2.22. The van der Waals surface area contributed by atoms with Crippen LogP contribution in [0.2, 0.25) is 0 Å². The third-order valence-electron chi connectivity index (χ3n) is 2.84. The maximum absolute atomic E-state index is 11.8. The van der Waals surface area contributed by atoms with E-state index in [9.17, 15) is 4.79 Å². The lowest BCUT2D eigenvalue weighted by Crippen LogP contribution is -2.26. The van der Waals surface area contributed by atoms with Crippen LogP contribution < -0.4 is 11.1 Å². The fourth-order valence-electron chi connectivity index (χ4n) is 1.60. The number of carbonyl (C=O) groups is 1. The number of fused-ring (bicyclic) bond motifs is 1. The minimum absolute atomic E-state index is 0. The second kappa shape index (κ2) is 5.84. The Morgan fingerprint density at radius 1 is 1.56 bits per heavy atom. The molecule has 0 saturated carbocycles. The van der Waals surface area contributed by atoms with Crippen LogP contribution in [-0.2, 0) is 4.79 Å². The molecule has 5 nitrogen and oxygen atoms in total. The molecule has 0 fully saturated rings. The number of aromatic nitrogens is 2. The maximum Gasteiger partial charge on any atom is 0.228 e. The van der Waals surface area contributed by atoms with E-state index >= 15 is 0 Å². The number of hydrogen-bond acceptors (Lipinski definition) is 3. The van der Waals surface area contributed by atoms with Crippen LogP contribution in [0.3, 0.4) is 0 Å². The van der Waals surface area contributed by atoms with E-state index < -0.39 is 0 Å². The summed E-state index contributed by atoms with van der Waals surface area (Å²) in [6, 6.07) is 3.88. The second-order valence-electron chi connectivity index (χ2n) is 4.25. The Bertz CT molecular complexity index is 552. The molecule has 2 rings (SSSR count). The Labute approximate surface area is 112 Å². The molecule has 4 N–H and O–H groups in total. The van der Waals surface area contributed by atoms with E-state index in [0.717, 1.165) is 22.2 Å². The normalized spacial score (nSPS) is 11.9. The van der Waals surface area contributed by atoms with Crippen molar-refractivity contribution in [1.29, 1.82) is 0 Å².